The first-order valence-electron chi connectivity index (χ1n) is 5.70. The van der Waals surface area contributed by atoms with Crippen molar-refractivity contribution in [2.75, 3.05) is 12.8 Å². The van der Waals surface area contributed by atoms with Crippen molar-refractivity contribution in [2.45, 2.75) is 19.8 Å². The third kappa shape index (κ3) is 1.88. The first-order valence-corrected chi connectivity index (χ1v) is 5.70. The first-order chi connectivity index (χ1) is 8.45. The average molecular weight is 251 g/mol. The molecule has 0 amide bonds. The van der Waals surface area contributed by atoms with Crippen molar-refractivity contribution in [3.8, 4) is 5.75 Å². The number of nitrogen functional groups attached to an aromatic ring is 1. The molecule has 2 nitrogen and oxygen atoms in total. The summed E-state index contributed by atoms with van der Waals surface area (Å²) in [6.07, 6.45) is 0. The van der Waals surface area contributed by atoms with E-state index in [1.165, 1.54) is 13.2 Å². The summed E-state index contributed by atoms with van der Waals surface area (Å²) in [7, 11) is 1.37. The largest absolute Gasteiger partial charge is 0.493 e. The Morgan fingerprint density at radius 1 is 1.11 bits per heavy atom. The van der Waals surface area contributed by atoms with Gasteiger partial charge in [0.05, 0.1) is 7.11 Å². The van der Waals surface area contributed by atoms with E-state index in [2.05, 4.69) is 0 Å². The highest BCUT2D eigenvalue weighted by molar-refractivity contribution is 5.94. The van der Waals surface area contributed by atoms with Crippen LogP contribution in [0.15, 0.2) is 18.2 Å². The van der Waals surface area contributed by atoms with Gasteiger partial charge in [-0.1, -0.05) is 13.8 Å². The van der Waals surface area contributed by atoms with E-state index >= 15 is 0 Å². The van der Waals surface area contributed by atoms with E-state index in [9.17, 15) is 8.78 Å². The molecule has 0 fully saturated rings. The summed E-state index contributed by atoms with van der Waals surface area (Å²) in [5, 5.41) is 0.746. The van der Waals surface area contributed by atoms with Crippen molar-refractivity contribution in [1.29, 1.82) is 0 Å². The molecule has 2 rings (SSSR count). The number of hydrogen-bond acceptors (Lipinski definition) is 2. The van der Waals surface area contributed by atoms with Gasteiger partial charge in [-0.25, -0.2) is 8.78 Å². The van der Waals surface area contributed by atoms with Crippen LogP contribution in [0.5, 0.6) is 5.75 Å². The van der Waals surface area contributed by atoms with Crippen LogP contribution in [0.2, 0.25) is 0 Å². The minimum atomic E-state index is -0.700. The maximum absolute atomic E-state index is 13.8. The lowest BCUT2D eigenvalue weighted by molar-refractivity contribution is 0.389. The summed E-state index contributed by atoms with van der Waals surface area (Å²) in [5.41, 5.74) is 6.99. The lowest BCUT2D eigenvalue weighted by atomic mass is 9.94. The number of halogens is 2. The highest BCUT2D eigenvalue weighted by Gasteiger charge is 2.18. The van der Waals surface area contributed by atoms with Crippen LogP contribution < -0.4 is 10.5 Å². The van der Waals surface area contributed by atoms with Crippen molar-refractivity contribution in [3.63, 3.8) is 0 Å². The van der Waals surface area contributed by atoms with Gasteiger partial charge in [0.15, 0.2) is 11.6 Å². The monoisotopic (exact) mass is 251 g/mol. The van der Waals surface area contributed by atoms with Crippen molar-refractivity contribution in [1.82, 2.24) is 0 Å². The van der Waals surface area contributed by atoms with Crippen LogP contribution in [0.4, 0.5) is 14.5 Å². The SMILES string of the molecule is COc1c(F)cc(F)c2cc(N)cc(C(C)C)c12. The number of benzene rings is 2. The molecule has 0 aliphatic heterocycles. The standard InChI is InChI=1S/C14H15F2NO/c1-7(2)9-4-8(17)5-10-11(15)6-12(16)14(18-3)13(9)10/h4-7H,17H2,1-3H3. The third-order valence-electron chi connectivity index (χ3n) is 2.97. The van der Waals surface area contributed by atoms with Gasteiger partial charge in [-0.05, 0) is 23.6 Å². The Morgan fingerprint density at radius 2 is 1.78 bits per heavy atom. The number of fused-ring (bicyclic) bond motifs is 1. The van der Waals surface area contributed by atoms with Crippen LogP contribution in [0.1, 0.15) is 25.3 Å². The molecule has 4 heteroatoms. The van der Waals surface area contributed by atoms with Crippen LogP contribution in [0.3, 0.4) is 0 Å². The topological polar surface area (TPSA) is 35.2 Å². The Balaban J connectivity index is 2.99. The Labute approximate surface area is 104 Å². The van der Waals surface area contributed by atoms with Gasteiger partial charge in [0.25, 0.3) is 0 Å². The van der Waals surface area contributed by atoms with Gasteiger partial charge in [0, 0.05) is 22.5 Å². The Bertz CT molecular complexity index is 609. The second kappa shape index (κ2) is 4.44. The maximum Gasteiger partial charge on any atom is 0.168 e. The zero-order valence-electron chi connectivity index (χ0n) is 10.6. The summed E-state index contributed by atoms with van der Waals surface area (Å²) in [6.45, 7) is 3.88. The van der Waals surface area contributed by atoms with Crippen LogP contribution in [-0.2, 0) is 0 Å². The molecule has 2 aromatic rings. The molecule has 96 valence electrons. The first kappa shape index (κ1) is 12.6. The van der Waals surface area contributed by atoms with Crippen molar-refractivity contribution >= 4 is 16.5 Å². The van der Waals surface area contributed by atoms with E-state index in [0.29, 0.717) is 11.1 Å². The van der Waals surface area contributed by atoms with Crippen LogP contribution >= 0.6 is 0 Å². The molecule has 18 heavy (non-hydrogen) atoms. The minimum absolute atomic E-state index is 0.0649. The highest BCUT2D eigenvalue weighted by atomic mass is 19.1. The fourth-order valence-corrected chi connectivity index (χ4v) is 2.16. The second-order valence-corrected chi connectivity index (χ2v) is 4.56. The number of nitrogens with two attached hydrogens (primary N) is 1. The van der Waals surface area contributed by atoms with E-state index in [-0.39, 0.29) is 17.1 Å². The molecule has 0 radical (unpaired) electrons. The molecular weight excluding hydrogens is 236 g/mol. The maximum atomic E-state index is 13.8. The fraction of sp³-hybridized carbons (Fsp3) is 0.286. The molecule has 0 heterocycles. The van der Waals surface area contributed by atoms with Gasteiger partial charge in [0.2, 0.25) is 0 Å². The molecule has 2 N–H and O–H groups in total. The molecule has 0 saturated carbocycles. The molecule has 0 aromatic heterocycles. The van der Waals surface area contributed by atoms with Gasteiger partial charge in [-0.3, -0.25) is 0 Å². The van der Waals surface area contributed by atoms with Crippen LogP contribution in [0, 0.1) is 11.6 Å². The number of anilines is 1. The van der Waals surface area contributed by atoms with Gasteiger partial charge < -0.3 is 10.5 Å². The predicted octanol–water partition coefficient (Wildman–Crippen LogP) is 3.83. The summed E-state index contributed by atoms with van der Waals surface area (Å²) in [4.78, 5) is 0. The van der Waals surface area contributed by atoms with E-state index in [0.717, 1.165) is 11.6 Å². The lowest BCUT2D eigenvalue weighted by Crippen LogP contribution is -1.99. The molecule has 0 aliphatic rings. The van der Waals surface area contributed by atoms with E-state index in [1.807, 2.05) is 13.8 Å². The smallest absolute Gasteiger partial charge is 0.168 e. The third-order valence-corrected chi connectivity index (χ3v) is 2.97. The van der Waals surface area contributed by atoms with Gasteiger partial charge in [-0.15, -0.1) is 0 Å². The summed E-state index contributed by atoms with van der Waals surface area (Å²) in [5.74, 6) is -1.17. The lowest BCUT2D eigenvalue weighted by Gasteiger charge is -2.15. The van der Waals surface area contributed by atoms with Crippen molar-refractivity contribution in [2.24, 2.45) is 0 Å². The van der Waals surface area contributed by atoms with Gasteiger partial charge in [-0.2, -0.15) is 0 Å². The molecule has 0 saturated heterocycles. The molecular formula is C14H15F2NO. The average Bonchev–Trinajstić information content (AvgIpc) is 2.29. The minimum Gasteiger partial charge on any atom is -0.493 e. The zero-order valence-corrected chi connectivity index (χ0v) is 10.6. The van der Waals surface area contributed by atoms with Gasteiger partial charge >= 0.3 is 0 Å². The fourth-order valence-electron chi connectivity index (χ4n) is 2.16. The molecule has 2 aromatic carbocycles. The normalized spacial score (nSPS) is 11.2. The number of methoxy groups -OCH3 is 1. The second-order valence-electron chi connectivity index (χ2n) is 4.56. The number of rotatable bonds is 2. The predicted molar refractivity (Wildman–Crippen MR) is 68.9 cm³/mol. The quantitative estimate of drug-likeness (QED) is 0.823. The Hall–Kier alpha value is -1.84. The zero-order chi connectivity index (χ0) is 13.4. The molecule has 0 atom stereocenters. The van der Waals surface area contributed by atoms with Gasteiger partial charge in [0.1, 0.15) is 5.82 Å². The summed E-state index contributed by atoms with van der Waals surface area (Å²) in [6, 6.07) is 4.05. The molecule has 0 spiro atoms. The summed E-state index contributed by atoms with van der Waals surface area (Å²) < 4.78 is 32.6. The van der Waals surface area contributed by atoms with E-state index in [4.69, 9.17) is 10.5 Å². The molecule has 0 unspecified atom stereocenters. The van der Waals surface area contributed by atoms with E-state index < -0.39 is 11.6 Å². The highest BCUT2D eigenvalue weighted by Crippen LogP contribution is 2.38. The molecule has 0 aliphatic carbocycles. The number of hydrogen-bond donors (Lipinski definition) is 1. The van der Waals surface area contributed by atoms with Crippen molar-refractivity contribution in [3.05, 3.63) is 35.4 Å². The van der Waals surface area contributed by atoms with E-state index in [1.54, 1.807) is 6.07 Å². The summed E-state index contributed by atoms with van der Waals surface area (Å²) >= 11 is 0. The van der Waals surface area contributed by atoms with Crippen LogP contribution in [-0.4, -0.2) is 7.11 Å². The number of ether oxygens (including phenoxy) is 1. The Kier molecular flexibility index (Phi) is 3.11. The molecule has 0 bridgehead atoms. The van der Waals surface area contributed by atoms with Crippen LogP contribution in [0.25, 0.3) is 10.8 Å². The van der Waals surface area contributed by atoms with Crippen molar-refractivity contribution < 1.29 is 13.5 Å². The Morgan fingerprint density at radius 3 is 2.33 bits per heavy atom.